The van der Waals surface area contributed by atoms with Gasteiger partial charge < -0.3 is 20.4 Å². The van der Waals surface area contributed by atoms with E-state index in [0.29, 0.717) is 24.3 Å². The highest BCUT2D eigenvalue weighted by atomic mass is 19.1. The van der Waals surface area contributed by atoms with Crippen molar-refractivity contribution >= 4 is 42.9 Å². The average Bonchev–Trinajstić information content (AvgIpc) is 3.28. The van der Waals surface area contributed by atoms with Crippen LogP contribution in [0.25, 0.3) is 33.4 Å². The molecular formula is C28H31BFN5O4. The molecule has 0 spiro atoms. The summed E-state index contributed by atoms with van der Waals surface area (Å²) in [6, 6.07) is 13.7. The number of ether oxygens (including phenoxy) is 1. The molecule has 11 heteroatoms. The smallest absolute Gasteiger partial charge is 0.306 e. The number of carbonyl (C=O) groups excluding carboxylic acids is 3. The number of aromatic amines is 1. The lowest BCUT2D eigenvalue weighted by Gasteiger charge is -2.18. The molecule has 1 aromatic carbocycles. The van der Waals surface area contributed by atoms with Crippen LogP contribution in [0.3, 0.4) is 0 Å². The standard InChI is InChI=1S/C19H13FN4O.C7H14O2.C2H4BNO/c20-14-3-1-13(2-4-14)18-17(12-7-9-21-10-8-12)15-5-6-16(22-11-25)23-19(15)24-18;1-5-6(8)9-7(2,3)4;1-4-2(3)5/h1-11H,(H2,22,23,24,25);5H2,1-4H3;1H3,(H,4,5). The molecule has 0 aliphatic rings. The number of aromatic nitrogens is 3. The van der Waals surface area contributed by atoms with Crippen molar-refractivity contribution in [2.24, 2.45) is 0 Å². The van der Waals surface area contributed by atoms with E-state index in [9.17, 15) is 18.8 Å². The summed E-state index contributed by atoms with van der Waals surface area (Å²) in [5.74, 6) is -0.468. The van der Waals surface area contributed by atoms with Crippen LogP contribution in [0.4, 0.5) is 15.0 Å². The number of hydrogen-bond acceptors (Lipinski definition) is 6. The zero-order valence-corrected chi connectivity index (χ0v) is 22.5. The van der Waals surface area contributed by atoms with Crippen LogP contribution >= 0.6 is 0 Å². The van der Waals surface area contributed by atoms with Crippen molar-refractivity contribution < 1.29 is 23.5 Å². The highest BCUT2D eigenvalue weighted by Crippen LogP contribution is 2.37. The van der Waals surface area contributed by atoms with Crippen molar-refractivity contribution in [2.75, 3.05) is 12.4 Å². The first-order chi connectivity index (χ1) is 18.5. The summed E-state index contributed by atoms with van der Waals surface area (Å²) in [5, 5.41) is 5.62. The van der Waals surface area contributed by atoms with E-state index in [1.165, 1.54) is 19.2 Å². The summed E-state index contributed by atoms with van der Waals surface area (Å²) in [6.45, 7) is 7.37. The number of hydrogen-bond donors (Lipinski definition) is 3. The Morgan fingerprint density at radius 3 is 2.15 bits per heavy atom. The first kappa shape index (κ1) is 30.7. The molecule has 4 aromatic rings. The zero-order valence-electron chi connectivity index (χ0n) is 22.5. The van der Waals surface area contributed by atoms with Crippen LogP contribution in [0.5, 0.6) is 0 Å². The fourth-order valence-corrected chi connectivity index (χ4v) is 3.28. The second-order valence-corrected chi connectivity index (χ2v) is 9.03. The van der Waals surface area contributed by atoms with Gasteiger partial charge in [-0.1, -0.05) is 6.92 Å². The molecule has 0 aliphatic heterocycles. The maximum atomic E-state index is 13.3. The van der Waals surface area contributed by atoms with Gasteiger partial charge >= 0.3 is 5.97 Å². The van der Waals surface area contributed by atoms with Gasteiger partial charge in [0.1, 0.15) is 22.9 Å². The Morgan fingerprint density at radius 1 is 1.05 bits per heavy atom. The average molecular weight is 531 g/mol. The number of esters is 1. The molecule has 0 atom stereocenters. The van der Waals surface area contributed by atoms with Gasteiger partial charge in [-0.15, -0.1) is 0 Å². The van der Waals surface area contributed by atoms with E-state index in [4.69, 9.17) is 4.74 Å². The van der Waals surface area contributed by atoms with Crippen LogP contribution < -0.4 is 10.6 Å². The summed E-state index contributed by atoms with van der Waals surface area (Å²) >= 11 is 0. The second kappa shape index (κ2) is 14.4. The van der Waals surface area contributed by atoms with Crippen LogP contribution in [0.2, 0.25) is 0 Å². The third-order valence-corrected chi connectivity index (χ3v) is 4.92. The van der Waals surface area contributed by atoms with Gasteiger partial charge in [0.2, 0.25) is 6.41 Å². The van der Waals surface area contributed by atoms with Crippen LogP contribution in [-0.2, 0) is 14.3 Å². The highest BCUT2D eigenvalue weighted by Gasteiger charge is 2.16. The Balaban J connectivity index is 0.000000318. The molecule has 0 bridgehead atoms. The van der Waals surface area contributed by atoms with Gasteiger partial charge in [-0.2, -0.15) is 0 Å². The molecule has 2 radical (unpaired) electrons. The normalized spacial score (nSPS) is 10.3. The maximum absolute atomic E-state index is 13.3. The number of H-pyrrole nitrogens is 1. The Labute approximate surface area is 228 Å². The number of pyridine rings is 2. The summed E-state index contributed by atoms with van der Waals surface area (Å²) < 4.78 is 18.2. The predicted octanol–water partition coefficient (Wildman–Crippen LogP) is 5.23. The second-order valence-electron chi connectivity index (χ2n) is 9.03. The maximum Gasteiger partial charge on any atom is 0.306 e. The van der Waals surface area contributed by atoms with Gasteiger partial charge in [0.15, 0.2) is 13.7 Å². The van der Waals surface area contributed by atoms with E-state index in [2.05, 4.69) is 33.4 Å². The summed E-state index contributed by atoms with van der Waals surface area (Å²) in [6.07, 6.45) is 4.48. The topological polar surface area (TPSA) is 126 Å². The van der Waals surface area contributed by atoms with E-state index in [1.807, 2.05) is 39.0 Å². The molecular weight excluding hydrogens is 500 g/mol. The lowest BCUT2D eigenvalue weighted by Crippen LogP contribution is -2.23. The Bertz CT molecular complexity index is 1390. The van der Waals surface area contributed by atoms with Crippen molar-refractivity contribution in [3.8, 4) is 22.4 Å². The van der Waals surface area contributed by atoms with Crippen molar-refractivity contribution in [1.29, 1.82) is 0 Å². The third kappa shape index (κ3) is 9.69. The molecule has 9 nitrogen and oxygen atoms in total. The molecule has 0 saturated heterocycles. The number of nitrogens with zero attached hydrogens (tertiary/aromatic N) is 2. The first-order valence-corrected chi connectivity index (χ1v) is 12.1. The SMILES string of the molecule is CCC(=O)OC(C)(C)C.O=CNc1ccc2c(-c3ccncc3)c(-c3ccc(F)cc3)[nH]c2n1.[B]C(=O)NC. The molecule has 0 aliphatic carbocycles. The molecule has 3 aromatic heterocycles. The van der Waals surface area contributed by atoms with Gasteiger partial charge in [0, 0.05) is 36.8 Å². The molecule has 0 saturated carbocycles. The van der Waals surface area contributed by atoms with Crippen molar-refractivity contribution in [2.45, 2.75) is 39.7 Å². The van der Waals surface area contributed by atoms with Gasteiger partial charge in [-0.25, -0.2) is 9.37 Å². The predicted molar refractivity (Wildman–Crippen MR) is 151 cm³/mol. The molecule has 3 heterocycles. The minimum atomic E-state index is -0.495. The Morgan fingerprint density at radius 2 is 1.67 bits per heavy atom. The van der Waals surface area contributed by atoms with Crippen LogP contribution in [0, 0.1) is 5.82 Å². The van der Waals surface area contributed by atoms with Gasteiger partial charge in [0.25, 0.3) is 0 Å². The summed E-state index contributed by atoms with van der Waals surface area (Å²) in [5.41, 5.74) is 3.91. The lowest BCUT2D eigenvalue weighted by atomic mass is 10.00. The van der Waals surface area contributed by atoms with Crippen molar-refractivity contribution in [3.05, 3.63) is 66.7 Å². The van der Waals surface area contributed by atoms with Gasteiger partial charge in [-0.05, 0) is 80.4 Å². The molecule has 0 fully saturated rings. The number of amides is 2. The van der Waals surface area contributed by atoms with Crippen LogP contribution in [-0.4, -0.2) is 53.6 Å². The van der Waals surface area contributed by atoms with Crippen LogP contribution in [0.1, 0.15) is 34.1 Å². The Hall–Kier alpha value is -4.54. The quantitative estimate of drug-likeness (QED) is 0.184. The van der Waals surface area contributed by atoms with Gasteiger partial charge in [0.05, 0.1) is 5.69 Å². The molecule has 3 N–H and O–H groups in total. The first-order valence-electron chi connectivity index (χ1n) is 12.1. The molecule has 202 valence electrons. The fourth-order valence-electron chi connectivity index (χ4n) is 3.28. The number of rotatable bonds is 5. The van der Waals surface area contributed by atoms with E-state index < -0.39 is 5.81 Å². The Kier molecular flexibility index (Phi) is 11.3. The number of fused-ring (bicyclic) bond motifs is 1. The van der Waals surface area contributed by atoms with Crippen molar-refractivity contribution in [3.63, 3.8) is 0 Å². The molecule has 0 unspecified atom stereocenters. The van der Waals surface area contributed by atoms with E-state index >= 15 is 0 Å². The lowest BCUT2D eigenvalue weighted by molar-refractivity contribution is -0.154. The van der Waals surface area contributed by atoms with E-state index in [1.54, 1.807) is 37.5 Å². The number of anilines is 1. The molecule has 2 amide bonds. The molecule has 39 heavy (non-hydrogen) atoms. The zero-order chi connectivity index (χ0) is 29.0. The van der Waals surface area contributed by atoms with Gasteiger partial charge in [-0.3, -0.25) is 19.4 Å². The monoisotopic (exact) mass is 531 g/mol. The number of benzene rings is 1. The number of carbonyl (C=O) groups is 3. The number of nitrogens with one attached hydrogen (secondary N) is 3. The van der Waals surface area contributed by atoms with E-state index in [-0.39, 0.29) is 17.4 Å². The highest BCUT2D eigenvalue weighted by molar-refractivity contribution is 6.56. The fraction of sp³-hybridized carbons (Fsp3) is 0.250. The van der Waals surface area contributed by atoms with Crippen molar-refractivity contribution in [1.82, 2.24) is 20.3 Å². The summed E-state index contributed by atoms with van der Waals surface area (Å²) in [4.78, 5) is 42.5. The minimum Gasteiger partial charge on any atom is -0.460 e. The van der Waals surface area contributed by atoms with Crippen LogP contribution in [0.15, 0.2) is 60.9 Å². The third-order valence-electron chi connectivity index (χ3n) is 4.92. The largest absolute Gasteiger partial charge is 0.460 e. The number of halogens is 1. The minimum absolute atomic E-state index is 0.137. The molecule has 4 rings (SSSR count). The summed E-state index contributed by atoms with van der Waals surface area (Å²) in [7, 11) is 6.02. The van der Waals surface area contributed by atoms with E-state index in [0.717, 1.165) is 27.8 Å².